The molecule has 7 heteroatoms. The van der Waals surface area contributed by atoms with Gasteiger partial charge in [0.15, 0.2) is 0 Å². The highest BCUT2D eigenvalue weighted by Crippen LogP contribution is 2.29. The van der Waals surface area contributed by atoms with E-state index in [9.17, 15) is 13.2 Å². The number of hydrogen-bond acceptors (Lipinski definition) is 4. The van der Waals surface area contributed by atoms with Crippen molar-refractivity contribution in [1.29, 1.82) is 0 Å². The van der Waals surface area contributed by atoms with Crippen LogP contribution in [0, 0.1) is 13.8 Å². The van der Waals surface area contributed by atoms with E-state index in [0.717, 1.165) is 28.0 Å². The number of para-hydroxylation sites is 1. The first-order valence-corrected chi connectivity index (χ1v) is 12.1. The van der Waals surface area contributed by atoms with Crippen LogP contribution in [-0.4, -0.2) is 32.4 Å². The third-order valence-electron chi connectivity index (χ3n) is 4.24. The topological polar surface area (TPSA) is 66.5 Å². The Hall–Kier alpha value is -1.99. The molecule has 2 aromatic rings. The molecule has 0 unspecified atom stereocenters. The van der Waals surface area contributed by atoms with Crippen LogP contribution >= 0.6 is 11.8 Å². The summed E-state index contributed by atoms with van der Waals surface area (Å²) < 4.78 is 26.5. The minimum absolute atomic E-state index is 0.337. The molecule has 0 spiro atoms. The first kappa shape index (κ1) is 22.3. The molecule has 152 valence electrons. The lowest BCUT2D eigenvalue weighted by Crippen LogP contribution is -2.47. The number of thioether (sulfide) groups is 1. The third-order valence-corrected chi connectivity index (χ3v) is 6.37. The second kappa shape index (κ2) is 9.47. The highest BCUT2D eigenvalue weighted by Gasteiger charge is 2.32. The van der Waals surface area contributed by atoms with E-state index in [1.807, 2.05) is 58.0 Å². The summed E-state index contributed by atoms with van der Waals surface area (Å²) >= 11 is 1.63. The average Bonchev–Trinajstić information content (AvgIpc) is 2.59. The highest BCUT2D eigenvalue weighted by atomic mass is 32.2. The fraction of sp³-hybridized carbons (Fsp3) is 0.381. The van der Waals surface area contributed by atoms with Crippen LogP contribution in [0.1, 0.15) is 31.4 Å². The molecule has 0 aliphatic rings. The Balaban J connectivity index is 2.43. The number of carbonyl (C=O) groups is 1. The molecule has 0 aliphatic carbocycles. The lowest BCUT2D eigenvalue weighted by atomic mass is 10.1. The molecule has 0 radical (unpaired) electrons. The van der Waals surface area contributed by atoms with E-state index in [4.69, 9.17) is 0 Å². The van der Waals surface area contributed by atoms with Gasteiger partial charge in [0.1, 0.15) is 6.04 Å². The van der Waals surface area contributed by atoms with E-state index in [1.165, 1.54) is 4.31 Å². The number of nitrogens with zero attached hydrogens (tertiary/aromatic N) is 1. The molecular weight excluding hydrogens is 392 g/mol. The Bertz CT molecular complexity index is 922. The van der Waals surface area contributed by atoms with Crippen LogP contribution in [0.15, 0.2) is 47.4 Å². The van der Waals surface area contributed by atoms with Gasteiger partial charge >= 0.3 is 0 Å². The van der Waals surface area contributed by atoms with Crippen molar-refractivity contribution in [2.45, 2.75) is 45.1 Å². The van der Waals surface area contributed by atoms with Crippen LogP contribution < -0.4 is 9.62 Å². The molecule has 1 amide bonds. The van der Waals surface area contributed by atoms with Crippen molar-refractivity contribution in [3.8, 4) is 0 Å². The van der Waals surface area contributed by atoms with Gasteiger partial charge in [0.05, 0.1) is 17.6 Å². The molecule has 0 aliphatic heterocycles. The molecule has 2 rings (SSSR count). The molecule has 1 N–H and O–H groups in total. The van der Waals surface area contributed by atoms with Gasteiger partial charge in [-0.1, -0.05) is 32.0 Å². The van der Waals surface area contributed by atoms with Gasteiger partial charge in [0, 0.05) is 4.90 Å². The van der Waals surface area contributed by atoms with Crippen molar-refractivity contribution in [3.63, 3.8) is 0 Å². The molecule has 0 fully saturated rings. The molecule has 0 heterocycles. The van der Waals surface area contributed by atoms with Gasteiger partial charge in [-0.15, -0.1) is 11.8 Å². The normalized spacial score (nSPS) is 12.5. The summed E-state index contributed by atoms with van der Waals surface area (Å²) in [6, 6.07) is 12.3. The van der Waals surface area contributed by atoms with Crippen LogP contribution in [0.5, 0.6) is 0 Å². The van der Waals surface area contributed by atoms with E-state index in [1.54, 1.807) is 23.9 Å². The molecule has 0 saturated carbocycles. The lowest BCUT2D eigenvalue weighted by molar-refractivity contribution is -0.117. The van der Waals surface area contributed by atoms with Crippen LogP contribution in [0.2, 0.25) is 0 Å². The smallest absolute Gasteiger partial charge is 0.248 e. The second-order valence-corrected chi connectivity index (χ2v) is 9.91. The molecule has 2 aromatic carbocycles. The van der Waals surface area contributed by atoms with Gasteiger partial charge in [-0.25, -0.2) is 8.42 Å². The van der Waals surface area contributed by atoms with Gasteiger partial charge in [-0.05, 0) is 61.4 Å². The van der Waals surface area contributed by atoms with Gasteiger partial charge in [0.2, 0.25) is 15.9 Å². The Morgan fingerprint density at radius 2 is 1.71 bits per heavy atom. The number of carbonyl (C=O) groups excluding carboxylic acids is 1. The fourth-order valence-electron chi connectivity index (χ4n) is 3.21. The van der Waals surface area contributed by atoms with E-state index >= 15 is 0 Å². The summed E-state index contributed by atoms with van der Waals surface area (Å²) in [5.74, 6) is 0.540. The first-order chi connectivity index (χ1) is 13.2. The van der Waals surface area contributed by atoms with Gasteiger partial charge in [0.25, 0.3) is 0 Å². The van der Waals surface area contributed by atoms with E-state index in [2.05, 4.69) is 5.32 Å². The lowest BCUT2D eigenvalue weighted by Gasteiger charge is -2.30. The Morgan fingerprint density at radius 3 is 2.25 bits per heavy atom. The summed E-state index contributed by atoms with van der Waals surface area (Å²) in [7, 11) is -3.65. The molecule has 28 heavy (non-hydrogen) atoms. The first-order valence-electron chi connectivity index (χ1n) is 9.27. The van der Waals surface area contributed by atoms with Crippen molar-refractivity contribution in [2.75, 3.05) is 21.6 Å². The second-order valence-electron chi connectivity index (χ2n) is 6.75. The quantitative estimate of drug-likeness (QED) is 0.634. The van der Waals surface area contributed by atoms with E-state index in [0.29, 0.717) is 17.8 Å². The minimum Gasteiger partial charge on any atom is -0.323 e. The standard InChI is InChI=1S/C21H28N2O3S2/c1-6-19(21(24)22-18-10-8-9-11-20(18)27-7-2)23(28(5,25)26)17-13-15(3)12-16(4)14-17/h8-14,19H,6-7H2,1-5H3,(H,22,24)/t19-/m0/s1. The van der Waals surface area contributed by atoms with Crippen molar-refractivity contribution in [3.05, 3.63) is 53.6 Å². The summed E-state index contributed by atoms with van der Waals surface area (Å²) in [4.78, 5) is 14.1. The molecule has 0 aromatic heterocycles. The maximum absolute atomic E-state index is 13.1. The fourth-order valence-corrected chi connectivity index (χ4v) is 5.16. The van der Waals surface area contributed by atoms with E-state index < -0.39 is 16.1 Å². The van der Waals surface area contributed by atoms with Crippen LogP contribution in [0.4, 0.5) is 11.4 Å². The van der Waals surface area contributed by atoms with Crippen molar-refractivity contribution in [2.24, 2.45) is 0 Å². The number of nitrogens with one attached hydrogen (secondary N) is 1. The van der Waals surface area contributed by atoms with Gasteiger partial charge in [-0.3, -0.25) is 9.10 Å². The van der Waals surface area contributed by atoms with Gasteiger partial charge in [-0.2, -0.15) is 0 Å². The molecule has 0 bridgehead atoms. The van der Waals surface area contributed by atoms with Crippen molar-refractivity contribution < 1.29 is 13.2 Å². The summed E-state index contributed by atoms with van der Waals surface area (Å²) in [5.41, 5.74) is 3.11. The average molecular weight is 421 g/mol. The zero-order valence-corrected chi connectivity index (χ0v) is 18.7. The number of benzene rings is 2. The number of anilines is 2. The van der Waals surface area contributed by atoms with Crippen molar-refractivity contribution in [1.82, 2.24) is 0 Å². The molecular formula is C21H28N2O3S2. The van der Waals surface area contributed by atoms with Gasteiger partial charge < -0.3 is 5.32 Å². The SMILES string of the molecule is CCSc1ccccc1NC(=O)[C@H](CC)N(c1cc(C)cc(C)c1)S(C)(=O)=O. The Labute approximate surface area is 172 Å². The molecule has 1 atom stereocenters. The monoisotopic (exact) mass is 420 g/mol. The van der Waals surface area contributed by atoms with Crippen LogP contribution in [0.25, 0.3) is 0 Å². The largest absolute Gasteiger partial charge is 0.323 e. The third kappa shape index (κ3) is 5.52. The Kier molecular flexibility index (Phi) is 7.55. The van der Waals surface area contributed by atoms with Crippen LogP contribution in [-0.2, 0) is 14.8 Å². The van der Waals surface area contributed by atoms with E-state index in [-0.39, 0.29) is 5.91 Å². The number of sulfonamides is 1. The summed E-state index contributed by atoms with van der Waals surface area (Å²) in [6.07, 6.45) is 1.50. The zero-order chi connectivity index (χ0) is 20.9. The maximum atomic E-state index is 13.1. The molecule has 5 nitrogen and oxygen atoms in total. The predicted octanol–water partition coefficient (Wildman–Crippen LogP) is 4.60. The summed E-state index contributed by atoms with van der Waals surface area (Å²) in [5, 5.41) is 2.93. The minimum atomic E-state index is -3.65. The number of rotatable bonds is 8. The Morgan fingerprint density at radius 1 is 1.11 bits per heavy atom. The van der Waals surface area contributed by atoms with Crippen molar-refractivity contribution >= 4 is 39.1 Å². The predicted molar refractivity (Wildman–Crippen MR) is 119 cm³/mol. The number of hydrogen-bond donors (Lipinski definition) is 1. The maximum Gasteiger partial charge on any atom is 0.248 e. The highest BCUT2D eigenvalue weighted by molar-refractivity contribution is 7.99. The molecule has 0 saturated heterocycles. The van der Waals surface area contributed by atoms with Crippen LogP contribution in [0.3, 0.4) is 0 Å². The summed E-state index contributed by atoms with van der Waals surface area (Å²) in [6.45, 7) is 7.69. The number of amides is 1. The number of aryl methyl sites for hydroxylation is 2. The zero-order valence-electron chi connectivity index (χ0n) is 17.0.